The number of esters is 1. The molecule has 156 valence electrons. The topological polar surface area (TPSA) is 92.8 Å². The smallest absolute Gasteiger partial charge is 0.338 e. The Bertz CT molecular complexity index is 1000. The van der Waals surface area contributed by atoms with Crippen molar-refractivity contribution in [2.45, 2.75) is 25.7 Å². The SMILES string of the molecule is CCN(CC)S(=O)(=O)c1ccc(C)c(C(=O)OCC(=O)Nc2cccc(F)c2)c1. The first kappa shape index (κ1) is 22.5. The van der Waals surface area contributed by atoms with E-state index < -0.39 is 34.3 Å². The predicted octanol–water partition coefficient (Wildman–Crippen LogP) is 2.96. The Labute approximate surface area is 169 Å². The molecule has 0 unspecified atom stereocenters. The number of hydrogen-bond donors (Lipinski definition) is 1. The van der Waals surface area contributed by atoms with Gasteiger partial charge in [-0.15, -0.1) is 0 Å². The maximum absolute atomic E-state index is 13.2. The summed E-state index contributed by atoms with van der Waals surface area (Å²) in [6, 6.07) is 9.48. The number of amides is 1. The highest BCUT2D eigenvalue weighted by molar-refractivity contribution is 7.89. The number of anilines is 1. The Kier molecular flexibility index (Phi) is 7.46. The van der Waals surface area contributed by atoms with E-state index in [2.05, 4.69) is 5.32 Å². The van der Waals surface area contributed by atoms with E-state index >= 15 is 0 Å². The van der Waals surface area contributed by atoms with E-state index in [0.29, 0.717) is 18.7 Å². The number of halogens is 1. The molecule has 0 fully saturated rings. The summed E-state index contributed by atoms with van der Waals surface area (Å²) < 4.78 is 44.7. The Morgan fingerprint density at radius 3 is 2.41 bits per heavy atom. The van der Waals surface area contributed by atoms with Gasteiger partial charge in [0.05, 0.1) is 10.5 Å². The highest BCUT2D eigenvalue weighted by Crippen LogP contribution is 2.20. The molecule has 0 saturated carbocycles. The summed E-state index contributed by atoms with van der Waals surface area (Å²) in [7, 11) is -3.74. The molecular weight excluding hydrogens is 399 g/mol. The Morgan fingerprint density at radius 1 is 1.10 bits per heavy atom. The van der Waals surface area contributed by atoms with Gasteiger partial charge in [-0.05, 0) is 42.8 Å². The van der Waals surface area contributed by atoms with Crippen LogP contribution in [0.1, 0.15) is 29.8 Å². The lowest BCUT2D eigenvalue weighted by atomic mass is 10.1. The molecular formula is C20H23FN2O5S. The molecule has 0 radical (unpaired) electrons. The summed E-state index contributed by atoms with van der Waals surface area (Å²) in [6.07, 6.45) is 0. The second-order valence-corrected chi connectivity index (χ2v) is 8.14. The molecule has 1 N–H and O–H groups in total. The molecule has 1 amide bonds. The molecule has 0 bridgehead atoms. The highest BCUT2D eigenvalue weighted by Gasteiger charge is 2.24. The summed E-state index contributed by atoms with van der Waals surface area (Å²) in [4.78, 5) is 24.3. The van der Waals surface area contributed by atoms with Crippen LogP contribution in [0.15, 0.2) is 47.4 Å². The molecule has 2 aromatic carbocycles. The first-order valence-electron chi connectivity index (χ1n) is 9.02. The van der Waals surface area contributed by atoms with Gasteiger partial charge in [0, 0.05) is 18.8 Å². The number of carbonyl (C=O) groups is 2. The van der Waals surface area contributed by atoms with Crippen molar-refractivity contribution in [2.75, 3.05) is 25.0 Å². The van der Waals surface area contributed by atoms with E-state index in [-0.39, 0.29) is 16.1 Å². The van der Waals surface area contributed by atoms with Gasteiger partial charge in [0.15, 0.2) is 6.61 Å². The van der Waals surface area contributed by atoms with E-state index in [4.69, 9.17) is 4.74 Å². The lowest BCUT2D eigenvalue weighted by Crippen LogP contribution is -2.30. The van der Waals surface area contributed by atoms with E-state index in [1.54, 1.807) is 20.8 Å². The van der Waals surface area contributed by atoms with Crippen molar-refractivity contribution < 1.29 is 27.1 Å². The summed E-state index contributed by atoms with van der Waals surface area (Å²) in [5.74, 6) is -1.98. The van der Waals surface area contributed by atoms with Crippen LogP contribution in [0.2, 0.25) is 0 Å². The minimum absolute atomic E-state index is 0.0250. The summed E-state index contributed by atoms with van der Waals surface area (Å²) in [6.45, 7) is 5.09. The molecule has 0 aliphatic carbocycles. The monoisotopic (exact) mass is 422 g/mol. The molecule has 0 saturated heterocycles. The van der Waals surface area contributed by atoms with Gasteiger partial charge >= 0.3 is 5.97 Å². The van der Waals surface area contributed by atoms with Crippen molar-refractivity contribution in [3.05, 3.63) is 59.4 Å². The van der Waals surface area contributed by atoms with Crippen LogP contribution in [-0.2, 0) is 19.6 Å². The molecule has 0 aliphatic rings. The Hall–Kier alpha value is -2.78. The molecule has 0 aromatic heterocycles. The second kappa shape index (κ2) is 9.62. The van der Waals surface area contributed by atoms with Gasteiger partial charge < -0.3 is 10.1 Å². The fraction of sp³-hybridized carbons (Fsp3) is 0.300. The van der Waals surface area contributed by atoms with Crippen LogP contribution in [0.25, 0.3) is 0 Å². The average Bonchev–Trinajstić information content (AvgIpc) is 2.67. The summed E-state index contributed by atoms with van der Waals surface area (Å²) in [5.41, 5.74) is 0.797. The summed E-state index contributed by atoms with van der Waals surface area (Å²) in [5, 5.41) is 2.41. The lowest BCUT2D eigenvalue weighted by Gasteiger charge is -2.19. The number of sulfonamides is 1. The van der Waals surface area contributed by atoms with Crippen LogP contribution in [0.3, 0.4) is 0 Å². The van der Waals surface area contributed by atoms with E-state index in [9.17, 15) is 22.4 Å². The molecule has 9 heteroatoms. The highest BCUT2D eigenvalue weighted by atomic mass is 32.2. The number of carbonyl (C=O) groups excluding carboxylic acids is 2. The number of rotatable bonds is 8. The van der Waals surface area contributed by atoms with Crippen molar-refractivity contribution in [1.29, 1.82) is 0 Å². The lowest BCUT2D eigenvalue weighted by molar-refractivity contribution is -0.119. The van der Waals surface area contributed by atoms with E-state index in [1.807, 2.05) is 0 Å². The maximum atomic E-state index is 13.2. The molecule has 2 aromatic rings. The standard InChI is InChI=1S/C20H23FN2O5S/c1-4-23(5-2)29(26,27)17-10-9-14(3)18(12-17)20(25)28-13-19(24)22-16-8-6-7-15(21)11-16/h6-12H,4-5,13H2,1-3H3,(H,22,24). The zero-order valence-corrected chi connectivity index (χ0v) is 17.3. The van der Waals surface area contributed by atoms with Gasteiger partial charge in [-0.2, -0.15) is 4.31 Å². The Balaban J connectivity index is 2.11. The largest absolute Gasteiger partial charge is 0.452 e. The fourth-order valence-corrected chi connectivity index (χ4v) is 4.15. The van der Waals surface area contributed by atoms with E-state index in [1.165, 1.54) is 40.7 Å². The van der Waals surface area contributed by atoms with Crippen molar-refractivity contribution in [3.63, 3.8) is 0 Å². The van der Waals surface area contributed by atoms with Gasteiger partial charge in [-0.1, -0.05) is 26.0 Å². The van der Waals surface area contributed by atoms with Crippen LogP contribution in [0.5, 0.6) is 0 Å². The van der Waals surface area contributed by atoms with Crippen LogP contribution in [-0.4, -0.2) is 44.3 Å². The zero-order valence-electron chi connectivity index (χ0n) is 16.4. The molecule has 0 heterocycles. The number of nitrogens with zero attached hydrogens (tertiary/aromatic N) is 1. The van der Waals surface area contributed by atoms with Gasteiger partial charge in [-0.25, -0.2) is 17.6 Å². The number of nitrogens with one attached hydrogen (secondary N) is 1. The van der Waals surface area contributed by atoms with Gasteiger partial charge in [-0.3, -0.25) is 4.79 Å². The molecule has 7 nitrogen and oxygen atoms in total. The average molecular weight is 422 g/mol. The van der Waals surface area contributed by atoms with E-state index in [0.717, 1.165) is 6.07 Å². The summed E-state index contributed by atoms with van der Waals surface area (Å²) >= 11 is 0. The van der Waals surface area contributed by atoms with Crippen molar-refractivity contribution in [2.24, 2.45) is 0 Å². The minimum Gasteiger partial charge on any atom is -0.452 e. The second-order valence-electron chi connectivity index (χ2n) is 6.20. The normalized spacial score (nSPS) is 11.3. The van der Waals surface area contributed by atoms with Crippen molar-refractivity contribution in [3.8, 4) is 0 Å². The molecule has 0 atom stereocenters. The number of hydrogen-bond acceptors (Lipinski definition) is 5. The van der Waals surface area contributed by atoms with Crippen molar-refractivity contribution in [1.82, 2.24) is 4.31 Å². The first-order chi connectivity index (χ1) is 13.7. The first-order valence-corrected chi connectivity index (χ1v) is 10.5. The van der Waals surface area contributed by atoms with Gasteiger partial charge in [0.1, 0.15) is 5.82 Å². The quantitative estimate of drug-likeness (QED) is 0.661. The van der Waals surface area contributed by atoms with Crippen LogP contribution < -0.4 is 5.32 Å². The van der Waals surface area contributed by atoms with Crippen LogP contribution in [0, 0.1) is 12.7 Å². The van der Waals surface area contributed by atoms with Gasteiger partial charge in [0.2, 0.25) is 10.0 Å². The maximum Gasteiger partial charge on any atom is 0.338 e. The third-order valence-electron chi connectivity index (χ3n) is 4.21. The van der Waals surface area contributed by atoms with Crippen LogP contribution in [0.4, 0.5) is 10.1 Å². The van der Waals surface area contributed by atoms with Crippen molar-refractivity contribution >= 4 is 27.6 Å². The Morgan fingerprint density at radius 2 is 1.79 bits per heavy atom. The predicted molar refractivity (Wildman–Crippen MR) is 107 cm³/mol. The minimum atomic E-state index is -3.74. The van der Waals surface area contributed by atoms with Crippen LogP contribution >= 0.6 is 0 Å². The fourth-order valence-electron chi connectivity index (χ4n) is 2.67. The third kappa shape index (κ3) is 5.61. The molecule has 0 spiro atoms. The molecule has 0 aliphatic heterocycles. The number of ether oxygens (including phenoxy) is 1. The third-order valence-corrected chi connectivity index (χ3v) is 6.26. The zero-order chi connectivity index (χ0) is 21.6. The van der Waals surface area contributed by atoms with Gasteiger partial charge in [0.25, 0.3) is 5.91 Å². The number of aryl methyl sites for hydroxylation is 1. The molecule has 29 heavy (non-hydrogen) atoms. The number of benzene rings is 2. The molecule has 2 rings (SSSR count).